The molecule has 1 aliphatic rings. The van der Waals surface area contributed by atoms with Gasteiger partial charge in [0.2, 0.25) is 0 Å². The monoisotopic (exact) mass is 303 g/mol. The number of pyridine rings is 1. The van der Waals surface area contributed by atoms with E-state index < -0.39 is 0 Å². The average Bonchev–Trinajstić information content (AvgIpc) is 2.67. The Bertz CT molecular complexity index is 600. The van der Waals surface area contributed by atoms with E-state index in [1.807, 2.05) is 30.3 Å². The normalized spacial score (nSPS) is 17.2. The van der Waals surface area contributed by atoms with Gasteiger partial charge in [-0.3, -0.25) is 9.78 Å². The van der Waals surface area contributed by atoms with E-state index in [1.54, 1.807) is 12.4 Å². The summed E-state index contributed by atoms with van der Waals surface area (Å²) in [4.78, 5) is 16.0. The molecule has 1 amide bonds. The van der Waals surface area contributed by atoms with E-state index in [0.29, 0.717) is 0 Å². The van der Waals surface area contributed by atoms with Crippen LogP contribution in [0, 0.1) is 0 Å². The highest BCUT2D eigenvalue weighted by Crippen LogP contribution is 2.34. The number of anilines is 2. The Balaban J connectivity index is 1.94. The number of hydrogen-bond donors (Lipinski definition) is 2. The van der Waals surface area contributed by atoms with Crippen molar-refractivity contribution in [2.45, 2.75) is 6.04 Å². The van der Waals surface area contributed by atoms with Gasteiger partial charge in [0.25, 0.3) is 5.91 Å². The first kappa shape index (κ1) is 11.2. The van der Waals surface area contributed by atoms with Crippen molar-refractivity contribution in [2.24, 2.45) is 0 Å². The van der Waals surface area contributed by atoms with Crippen molar-refractivity contribution < 1.29 is 4.79 Å². The van der Waals surface area contributed by atoms with E-state index in [9.17, 15) is 4.79 Å². The second kappa shape index (κ2) is 4.42. The average molecular weight is 304 g/mol. The first-order valence-electron chi connectivity index (χ1n) is 5.51. The maximum atomic E-state index is 11.9. The number of halogens is 1. The molecule has 0 spiro atoms. The quantitative estimate of drug-likeness (QED) is 0.897. The Morgan fingerprint density at radius 2 is 2.22 bits per heavy atom. The third-order valence-corrected chi connectivity index (χ3v) is 3.31. The van der Waals surface area contributed by atoms with Crippen LogP contribution in [0.1, 0.15) is 11.6 Å². The van der Waals surface area contributed by atoms with E-state index in [0.717, 1.165) is 21.4 Å². The summed E-state index contributed by atoms with van der Waals surface area (Å²) in [5.74, 6) is -0.0491. The van der Waals surface area contributed by atoms with Gasteiger partial charge in [0.05, 0.1) is 5.69 Å². The Kier molecular flexibility index (Phi) is 2.76. The summed E-state index contributed by atoms with van der Waals surface area (Å²) in [5.41, 5.74) is 2.62. The summed E-state index contributed by atoms with van der Waals surface area (Å²) in [6, 6.07) is 9.09. The van der Waals surface area contributed by atoms with Gasteiger partial charge in [0, 0.05) is 28.1 Å². The summed E-state index contributed by atoms with van der Waals surface area (Å²) < 4.78 is 0.954. The van der Waals surface area contributed by atoms with Crippen LogP contribution < -0.4 is 10.6 Å². The molecule has 2 heterocycles. The van der Waals surface area contributed by atoms with Crippen molar-refractivity contribution in [1.82, 2.24) is 4.98 Å². The molecule has 2 aromatic rings. The molecule has 1 aromatic carbocycles. The van der Waals surface area contributed by atoms with Crippen LogP contribution in [-0.2, 0) is 4.79 Å². The van der Waals surface area contributed by atoms with Crippen LogP contribution in [0.2, 0.25) is 0 Å². The molecule has 90 valence electrons. The Morgan fingerprint density at radius 1 is 1.33 bits per heavy atom. The first-order valence-corrected chi connectivity index (χ1v) is 6.30. The fourth-order valence-corrected chi connectivity index (χ4v) is 2.37. The molecule has 3 rings (SSSR count). The number of hydrogen-bond acceptors (Lipinski definition) is 3. The van der Waals surface area contributed by atoms with Crippen LogP contribution in [-0.4, -0.2) is 10.9 Å². The fourth-order valence-electron chi connectivity index (χ4n) is 1.99. The van der Waals surface area contributed by atoms with Crippen molar-refractivity contribution in [3.8, 4) is 0 Å². The van der Waals surface area contributed by atoms with Crippen LogP contribution in [0.15, 0.2) is 47.2 Å². The van der Waals surface area contributed by atoms with Gasteiger partial charge in [0.1, 0.15) is 6.04 Å². The molecule has 1 aliphatic heterocycles. The molecule has 4 nitrogen and oxygen atoms in total. The number of amides is 1. The van der Waals surface area contributed by atoms with E-state index in [-0.39, 0.29) is 11.9 Å². The number of benzene rings is 1. The number of aromatic nitrogens is 1. The van der Waals surface area contributed by atoms with Crippen LogP contribution in [0.4, 0.5) is 11.4 Å². The van der Waals surface area contributed by atoms with Gasteiger partial charge in [-0.15, -0.1) is 0 Å². The molecule has 2 N–H and O–H groups in total. The summed E-state index contributed by atoms with van der Waals surface area (Å²) in [6.07, 6.45) is 3.40. The van der Waals surface area contributed by atoms with E-state index in [2.05, 4.69) is 31.5 Å². The zero-order valence-corrected chi connectivity index (χ0v) is 10.9. The smallest absolute Gasteiger partial charge is 0.251 e. The minimum atomic E-state index is -0.373. The van der Waals surface area contributed by atoms with Gasteiger partial charge >= 0.3 is 0 Å². The predicted octanol–water partition coefficient (Wildman–Crippen LogP) is 2.95. The lowest BCUT2D eigenvalue weighted by Gasteiger charge is -2.12. The lowest BCUT2D eigenvalue weighted by molar-refractivity contribution is -0.116. The Hall–Kier alpha value is -1.88. The number of carbonyl (C=O) groups is 1. The molecule has 0 aliphatic carbocycles. The molecule has 0 saturated carbocycles. The zero-order valence-electron chi connectivity index (χ0n) is 9.35. The largest absolute Gasteiger partial charge is 0.369 e. The van der Waals surface area contributed by atoms with Gasteiger partial charge in [-0.2, -0.15) is 0 Å². The van der Waals surface area contributed by atoms with Crippen LogP contribution >= 0.6 is 15.9 Å². The minimum absolute atomic E-state index is 0.0491. The number of nitrogens with one attached hydrogen (secondary N) is 2. The van der Waals surface area contributed by atoms with Gasteiger partial charge in [-0.1, -0.05) is 15.9 Å². The van der Waals surface area contributed by atoms with Crippen molar-refractivity contribution in [3.63, 3.8) is 0 Å². The molecular formula is C13H10BrN3O. The molecule has 1 aromatic heterocycles. The van der Waals surface area contributed by atoms with Gasteiger partial charge in [-0.25, -0.2) is 0 Å². The molecule has 0 fully saturated rings. The number of fused-ring (bicyclic) bond motifs is 1. The summed E-state index contributed by atoms with van der Waals surface area (Å²) in [7, 11) is 0. The Labute approximate surface area is 113 Å². The standard InChI is InChI=1S/C13H10BrN3O/c14-8-3-4-11-10(6-8)12(13(18)17-11)16-9-2-1-5-15-7-9/h1-7,12,16H,(H,17,18). The lowest BCUT2D eigenvalue weighted by Crippen LogP contribution is -2.19. The highest BCUT2D eigenvalue weighted by Gasteiger charge is 2.30. The molecular weight excluding hydrogens is 294 g/mol. The molecule has 1 atom stereocenters. The van der Waals surface area contributed by atoms with Gasteiger partial charge in [0.15, 0.2) is 0 Å². The maximum Gasteiger partial charge on any atom is 0.251 e. The molecule has 5 heteroatoms. The Morgan fingerprint density at radius 3 is 3.00 bits per heavy atom. The topological polar surface area (TPSA) is 54.0 Å². The molecule has 18 heavy (non-hydrogen) atoms. The predicted molar refractivity (Wildman–Crippen MR) is 73.4 cm³/mol. The maximum absolute atomic E-state index is 11.9. The lowest BCUT2D eigenvalue weighted by atomic mass is 10.1. The second-order valence-electron chi connectivity index (χ2n) is 4.04. The van der Waals surface area contributed by atoms with Gasteiger partial charge in [-0.05, 0) is 30.3 Å². The van der Waals surface area contributed by atoms with Crippen molar-refractivity contribution in [2.75, 3.05) is 10.6 Å². The van der Waals surface area contributed by atoms with E-state index in [1.165, 1.54) is 0 Å². The molecule has 0 bridgehead atoms. The third kappa shape index (κ3) is 1.97. The van der Waals surface area contributed by atoms with Crippen molar-refractivity contribution in [1.29, 1.82) is 0 Å². The van der Waals surface area contributed by atoms with E-state index >= 15 is 0 Å². The van der Waals surface area contributed by atoms with Crippen LogP contribution in [0.3, 0.4) is 0 Å². The van der Waals surface area contributed by atoms with Crippen LogP contribution in [0.25, 0.3) is 0 Å². The number of carbonyl (C=O) groups excluding carboxylic acids is 1. The molecule has 0 saturated heterocycles. The highest BCUT2D eigenvalue weighted by atomic mass is 79.9. The SMILES string of the molecule is O=C1Nc2ccc(Br)cc2C1Nc1cccnc1. The highest BCUT2D eigenvalue weighted by molar-refractivity contribution is 9.10. The van der Waals surface area contributed by atoms with E-state index in [4.69, 9.17) is 0 Å². The zero-order chi connectivity index (χ0) is 12.5. The van der Waals surface area contributed by atoms with Crippen LogP contribution in [0.5, 0.6) is 0 Å². The summed E-state index contributed by atoms with van der Waals surface area (Å²) in [6.45, 7) is 0. The first-order chi connectivity index (χ1) is 8.74. The second-order valence-corrected chi connectivity index (χ2v) is 4.96. The van der Waals surface area contributed by atoms with Crippen molar-refractivity contribution in [3.05, 3.63) is 52.8 Å². The van der Waals surface area contributed by atoms with Crippen molar-refractivity contribution >= 4 is 33.2 Å². The summed E-state index contributed by atoms with van der Waals surface area (Å²) >= 11 is 3.42. The summed E-state index contributed by atoms with van der Waals surface area (Å²) in [5, 5.41) is 6.03. The third-order valence-electron chi connectivity index (χ3n) is 2.82. The number of rotatable bonds is 2. The van der Waals surface area contributed by atoms with Gasteiger partial charge < -0.3 is 10.6 Å². The fraction of sp³-hybridized carbons (Fsp3) is 0.0769. The molecule has 1 unspecified atom stereocenters. The number of nitrogens with zero attached hydrogens (tertiary/aromatic N) is 1. The molecule has 0 radical (unpaired) electrons. The minimum Gasteiger partial charge on any atom is -0.369 e.